The summed E-state index contributed by atoms with van der Waals surface area (Å²) in [6.45, 7) is 6.64. The molecule has 128 valence electrons. The van der Waals surface area contributed by atoms with Crippen LogP contribution in [0.2, 0.25) is 0 Å². The number of nitriles is 1. The topological polar surface area (TPSA) is 36.3 Å². The minimum Gasteiger partial charge on any atom is -0.497 e. The number of allylic oxidation sites excluding steroid dienone is 3. The van der Waals surface area contributed by atoms with Gasteiger partial charge in [-0.3, -0.25) is 0 Å². The van der Waals surface area contributed by atoms with Gasteiger partial charge in [-0.25, -0.2) is 0 Å². The van der Waals surface area contributed by atoms with Crippen LogP contribution in [0.15, 0.2) is 79.0 Å². The third-order valence-corrected chi connectivity index (χ3v) is 4.11. The average Bonchev–Trinajstić information content (AvgIpc) is 2.68. The molecule has 0 radical (unpaired) electrons. The van der Waals surface area contributed by atoms with Crippen molar-refractivity contribution in [1.82, 2.24) is 0 Å². The van der Waals surface area contributed by atoms with Gasteiger partial charge in [0.25, 0.3) is 0 Å². The van der Waals surface area contributed by atoms with Crippen LogP contribution >= 0.6 is 0 Å². The molecule has 0 fully saturated rings. The highest BCUT2D eigenvalue weighted by Gasteiger charge is 2.14. The summed E-state index contributed by atoms with van der Waals surface area (Å²) in [6.07, 6.45) is 4.68. The second kappa shape index (κ2) is 9.34. The first-order chi connectivity index (χ1) is 12.2. The number of para-hydroxylation sites is 1. The van der Waals surface area contributed by atoms with Crippen LogP contribution in [0.3, 0.4) is 0 Å². The maximum Gasteiger partial charge on any atom is 0.118 e. The molecule has 0 bridgehead atoms. The number of nitrogens with zero attached hydrogens (tertiary/aromatic N) is 2. The number of benzene rings is 2. The molecule has 2 aromatic rings. The van der Waals surface area contributed by atoms with Gasteiger partial charge in [0.15, 0.2) is 0 Å². The van der Waals surface area contributed by atoms with Gasteiger partial charge in [0, 0.05) is 18.2 Å². The van der Waals surface area contributed by atoms with E-state index < -0.39 is 0 Å². The summed E-state index contributed by atoms with van der Waals surface area (Å²) in [5.74, 6) is 0.917. The van der Waals surface area contributed by atoms with Crippen LogP contribution in [-0.4, -0.2) is 13.7 Å². The second-order valence-electron chi connectivity index (χ2n) is 5.65. The molecule has 25 heavy (non-hydrogen) atoms. The van der Waals surface area contributed by atoms with E-state index in [0.717, 1.165) is 30.0 Å². The fourth-order valence-corrected chi connectivity index (χ4v) is 2.81. The Morgan fingerprint density at radius 3 is 2.40 bits per heavy atom. The molecule has 0 saturated carbocycles. The second-order valence-corrected chi connectivity index (χ2v) is 5.65. The Labute approximate surface area is 150 Å². The van der Waals surface area contributed by atoms with Crippen molar-refractivity contribution in [2.45, 2.75) is 19.3 Å². The molecule has 0 spiro atoms. The Morgan fingerprint density at radius 2 is 1.88 bits per heavy atom. The third-order valence-electron chi connectivity index (χ3n) is 4.11. The summed E-state index contributed by atoms with van der Waals surface area (Å²) < 4.78 is 5.23. The van der Waals surface area contributed by atoms with Gasteiger partial charge in [0.05, 0.1) is 7.11 Å². The number of hydrogen-bond acceptors (Lipinski definition) is 3. The Bertz CT molecular complexity index is 742. The molecule has 0 aliphatic rings. The lowest BCUT2D eigenvalue weighted by Gasteiger charge is -2.23. The predicted octanol–water partition coefficient (Wildman–Crippen LogP) is 5.29. The first kappa shape index (κ1) is 18.4. The molecular weight excluding hydrogens is 308 g/mol. The predicted molar refractivity (Wildman–Crippen MR) is 104 cm³/mol. The van der Waals surface area contributed by atoms with Gasteiger partial charge in [0.1, 0.15) is 17.5 Å². The molecule has 0 aliphatic carbocycles. The maximum absolute atomic E-state index is 9.73. The quantitative estimate of drug-likeness (QED) is 0.487. The highest BCUT2D eigenvalue weighted by atomic mass is 16.5. The zero-order chi connectivity index (χ0) is 18.1. The molecule has 2 aromatic carbocycles. The Hall–Kier alpha value is -2.99. The van der Waals surface area contributed by atoms with Gasteiger partial charge in [-0.15, -0.1) is 6.58 Å². The molecule has 0 aromatic heterocycles. The first-order valence-electron chi connectivity index (χ1n) is 8.42. The van der Waals surface area contributed by atoms with E-state index in [-0.39, 0.29) is 5.92 Å². The van der Waals surface area contributed by atoms with Crippen LogP contribution in [0, 0.1) is 11.3 Å². The van der Waals surface area contributed by atoms with Gasteiger partial charge >= 0.3 is 0 Å². The molecular formula is C22H24N2O. The summed E-state index contributed by atoms with van der Waals surface area (Å²) in [5.41, 5.74) is 2.80. The number of ether oxygens (including phenoxy) is 1. The average molecular weight is 332 g/mol. The van der Waals surface area contributed by atoms with Crippen LogP contribution < -0.4 is 9.64 Å². The van der Waals surface area contributed by atoms with Crippen LogP contribution in [0.4, 0.5) is 5.69 Å². The lowest BCUT2D eigenvalue weighted by Crippen LogP contribution is -2.21. The summed E-state index contributed by atoms with van der Waals surface area (Å²) >= 11 is 0. The lowest BCUT2D eigenvalue weighted by atomic mass is 9.94. The Morgan fingerprint density at radius 1 is 1.20 bits per heavy atom. The van der Waals surface area contributed by atoms with Gasteiger partial charge in [-0.1, -0.05) is 36.4 Å². The van der Waals surface area contributed by atoms with E-state index in [1.165, 1.54) is 0 Å². The van der Waals surface area contributed by atoms with Crippen molar-refractivity contribution in [3.8, 4) is 11.8 Å². The Kier molecular flexibility index (Phi) is 6.86. The van der Waals surface area contributed by atoms with E-state index in [4.69, 9.17) is 4.74 Å². The van der Waals surface area contributed by atoms with Crippen molar-refractivity contribution >= 4 is 5.69 Å². The summed E-state index contributed by atoms with van der Waals surface area (Å²) in [6, 6.07) is 20.3. The van der Waals surface area contributed by atoms with Gasteiger partial charge in [0.2, 0.25) is 0 Å². The van der Waals surface area contributed by atoms with Crippen molar-refractivity contribution in [3.63, 3.8) is 0 Å². The van der Waals surface area contributed by atoms with Gasteiger partial charge in [-0.2, -0.15) is 5.26 Å². The molecule has 3 nitrogen and oxygen atoms in total. The van der Waals surface area contributed by atoms with Crippen LogP contribution in [0.25, 0.3) is 0 Å². The summed E-state index contributed by atoms with van der Waals surface area (Å²) in [5, 5.41) is 9.73. The molecule has 0 saturated heterocycles. The number of methoxy groups -OCH3 is 1. The van der Waals surface area contributed by atoms with Gasteiger partial charge in [-0.05, 0) is 49.2 Å². The molecule has 3 heteroatoms. The van der Waals surface area contributed by atoms with Crippen molar-refractivity contribution in [2.75, 3.05) is 18.6 Å². The number of hydrogen-bond donors (Lipinski definition) is 0. The van der Waals surface area contributed by atoms with E-state index in [2.05, 4.69) is 12.6 Å². The van der Waals surface area contributed by atoms with Crippen molar-refractivity contribution in [1.29, 1.82) is 5.26 Å². The van der Waals surface area contributed by atoms with E-state index in [1.807, 2.05) is 78.6 Å². The van der Waals surface area contributed by atoms with E-state index in [1.54, 1.807) is 7.11 Å². The van der Waals surface area contributed by atoms with Crippen molar-refractivity contribution in [2.24, 2.45) is 0 Å². The zero-order valence-corrected chi connectivity index (χ0v) is 14.9. The molecule has 0 amide bonds. The highest BCUT2D eigenvalue weighted by molar-refractivity contribution is 5.55. The molecule has 1 atom stereocenters. The van der Waals surface area contributed by atoms with Crippen LogP contribution in [0.5, 0.6) is 5.75 Å². The fourth-order valence-electron chi connectivity index (χ4n) is 2.81. The largest absolute Gasteiger partial charge is 0.497 e. The smallest absolute Gasteiger partial charge is 0.118 e. The maximum atomic E-state index is 9.73. The van der Waals surface area contributed by atoms with E-state index >= 15 is 0 Å². The van der Waals surface area contributed by atoms with Crippen LogP contribution in [-0.2, 0) is 0 Å². The fraction of sp³-hybridized carbons (Fsp3) is 0.227. The lowest BCUT2D eigenvalue weighted by molar-refractivity contribution is 0.414. The normalized spacial score (nSPS) is 12.1. The summed E-state index contributed by atoms with van der Waals surface area (Å²) in [7, 11) is 1.66. The molecule has 0 aliphatic heterocycles. The van der Waals surface area contributed by atoms with Crippen molar-refractivity contribution in [3.05, 3.63) is 84.6 Å². The SMILES string of the molecule is C=CC[C@@H](/C=C(\C#N)N(CC)c1ccccc1)c1ccc(OC)cc1. The molecule has 0 unspecified atom stereocenters. The zero-order valence-electron chi connectivity index (χ0n) is 14.9. The molecule has 0 N–H and O–H groups in total. The highest BCUT2D eigenvalue weighted by Crippen LogP contribution is 2.27. The molecule has 2 rings (SSSR count). The minimum atomic E-state index is 0.0934. The Balaban J connectivity index is 2.37. The van der Waals surface area contributed by atoms with Crippen molar-refractivity contribution < 1.29 is 4.74 Å². The van der Waals surface area contributed by atoms with E-state index in [0.29, 0.717) is 5.70 Å². The van der Waals surface area contributed by atoms with E-state index in [9.17, 15) is 5.26 Å². The number of rotatable bonds is 8. The van der Waals surface area contributed by atoms with Crippen LogP contribution in [0.1, 0.15) is 24.8 Å². The summed E-state index contributed by atoms with van der Waals surface area (Å²) in [4.78, 5) is 2.03. The minimum absolute atomic E-state index is 0.0934. The monoisotopic (exact) mass is 332 g/mol. The van der Waals surface area contributed by atoms with Gasteiger partial charge < -0.3 is 9.64 Å². The number of anilines is 1. The first-order valence-corrected chi connectivity index (χ1v) is 8.42. The standard InChI is InChI=1S/C22H24N2O/c1-4-9-19(18-12-14-22(25-3)15-13-18)16-21(17-23)24(5-2)20-10-7-6-8-11-20/h4,6-8,10-16,19H,1,5,9H2,2-3H3/b21-16+/t19-/m0/s1. The molecule has 0 heterocycles. The third kappa shape index (κ3) is 4.74.